The number of anilines is 1. The van der Waals surface area contributed by atoms with E-state index < -0.39 is 22.6 Å². The fourth-order valence-corrected chi connectivity index (χ4v) is 5.51. The van der Waals surface area contributed by atoms with E-state index in [0.717, 1.165) is 36.9 Å². The molecule has 2 aromatic carbocycles. The molecule has 0 N–H and O–H groups in total. The number of para-hydroxylation sites is 1. The Hall–Kier alpha value is -2.71. The summed E-state index contributed by atoms with van der Waals surface area (Å²) in [5.74, 6) is -1.01. The highest BCUT2D eigenvalue weighted by Crippen LogP contribution is 2.27. The molecule has 0 spiro atoms. The Morgan fingerprint density at radius 2 is 1.70 bits per heavy atom. The van der Waals surface area contributed by atoms with Crippen molar-refractivity contribution in [3.05, 3.63) is 59.7 Å². The van der Waals surface area contributed by atoms with Crippen molar-refractivity contribution in [2.75, 3.05) is 31.1 Å². The van der Waals surface area contributed by atoms with Crippen LogP contribution in [0.5, 0.6) is 0 Å². The van der Waals surface area contributed by atoms with E-state index in [0.29, 0.717) is 19.6 Å². The van der Waals surface area contributed by atoms with Gasteiger partial charge in [0.25, 0.3) is 5.91 Å². The van der Waals surface area contributed by atoms with Crippen molar-refractivity contribution < 1.29 is 22.7 Å². The topological polar surface area (TPSA) is 84.0 Å². The highest BCUT2D eigenvalue weighted by molar-refractivity contribution is 7.89. The van der Waals surface area contributed by atoms with Crippen molar-refractivity contribution in [3.8, 4) is 0 Å². The number of aryl methyl sites for hydroxylation is 1. The molecule has 0 aromatic heterocycles. The van der Waals surface area contributed by atoms with Gasteiger partial charge < -0.3 is 9.64 Å². The second-order valence-electron chi connectivity index (χ2n) is 7.49. The maximum atomic E-state index is 12.7. The van der Waals surface area contributed by atoms with Crippen LogP contribution in [0.3, 0.4) is 0 Å². The molecule has 0 radical (unpaired) electrons. The largest absolute Gasteiger partial charge is 0.452 e. The van der Waals surface area contributed by atoms with Crippen molar-refractivity contribution in [3.63, 3.8) is 0 Å². The molecule has 0 atom stereocenters. The Balaban J connectivity index is 1.43. The number of nitrogens with zero attached hydrogens (tertiary/aromatic N) is 2. The summed E-state index contributed by atoms with van der Waals surface area (Å²) < 4.78 is 32.1. The van der Waals surface area contributed by atoms with E-state index in [1.807, 2.05) is 24.3 Å². The molecule has 0 aliphatic carbocycles. The van der Waals surface area contributed by atoms with Crippen LogP contribution in [0, 0.1) is 0 Å². The van der Waals surface area contributed by atoms with E-state index in [4.69, 9.17) is 4.74 Å². The molecule has 8 heteroatoms. The SMILES string of the molecule is O=C(OCC(=O)N1CCCc2ccccc21)c1cccc(S(=O)(=O)N2CCCC2)c1. The minimum Gasteiger partial charge on any atom is -0.452 e. The average molecular weight is 429 g/mol. The fourth-order valence-electron chi connectivity index (χ4n) is 3.94. The number of esters is 1. The van der Waals surface area contributed by atoms with Crippen LogP contribution in [-0.4, -0.2) is 50.8 Å². The number of rotatable bonds is 5. The van der Waals surface area contributed by atoms with Gasteiger partial charge in [0.1, 0.15) is 0 Å². The molecule has 2 heterocycles. The smallest absolute Gasteiger partial charge is 0.338 e. The van der Waals surface area contributed by atoms with E-state index in [1.165, 1.54) is 28.6 Å². The molecule has 30 heavy (non-hydrogen) atoms. The summed E-state index contributed by atoms with van der Waals surface area (Å²) in [7, 11) is -3.63. The third kappa shape index (κ3) is 4.11. The van der Waals surface area contributed by atoms with Gasteiger partial charge in [-0.1, -0.05) is 24.3 Å². The van der Waals surface area contributed by atoms with Crippen LogP contribution in [0.1, 0.15) is 35.2 Å². The lowest BCUT2D eigenvalue weighted by Crippen LogP contribution is -2.38. The Morgan fingerprint density at radius 3 is 2.50 bits per heavy atom. The monoisotopic (exact) mass is 428 g/mol. The number of hydrogen-bond acceptors (Lipinski definition) is 5. The van der Waals surface area contributed by atoms with Crippen molar-refractivity contribution in [1.82, 2.24) is 4.31 Å². The summed E-state index contributed by atoms with van der Waals surface area (Å²) in [6.45, 7) is 1.17. The van der Waals surface area contributed by atoms with E-state index in [-0.39, 0.29) is 16.4 Å². The first-order valence-electron chi connectivity index (χ1n) is 10.1. The van der Waals surface area contributed by atoms with Crippen LogP contribution in [0.2, 0.25) is 0 Å². The van der Waals surface area contributed by atoms with Crippen molar-refractivity contribution >= 4 is 27.6 Å². The van der Waals surface area contributed by atoms with Gasteiger partial charge in [-0.3, -0.25) is 4.79 Å². The summed E-state index contributed by atoms with van der Waals surface area (Å²) in [5.41, 5.74) is 2.06. The lowest BCUT2D eigenvalue weighted by Gasteiger charge is -2.29. The predicted molar refractivity (Wildman–Crippen MR) is 112 cm³/mol. The average Bonchev–Trinajstić information content (AvgIpc) is 3.33. The summed E-state index contributed by atoms with van der Waals surface area (Å²) in [6, 6.07) is 13.5. The van der Waals surface area contributed by atoms with Crippen LogP contribution >= 0.6 is 0 Å². The molecule has 4 rings (SSSR count). The van der Waals surface area contributed by atoms with Gasteiger partial charge >= 0.3 is 5.97 Å². The molecule has 0 saturated carbocycles. The lowest BCUT2D eigenvalue weighted by molar-refractivity contribution is -0.121. The first-order chi connectivity index (χ1) is 14.5. The highest BCUT2D eigenvalue weighted by atomic mass is 32.2. The van der Waals surface area contributed by atoms with E-state index in [2.05, 4.69) is 0 Å². The zero-order chi connectivity index (χ0) is 21.1. The van der Waals surface area contributed by atoms with Gasteiger partial charge in [0, 0.05) is 25.3 Å². The number of sulfonamides is 1. The summed E-state index contributed by atoms with van der Waals surface area (Å²) in [4.78, 5) is 26.8. The summed E-state index contributed by atoms with van der Waals surface area (Å²) >= 11 is 0. The molecule has 7 nitrogen and oxygen atoms in total. The first kappa shape index (κ1) is 20.6. The van der Waals surface area contributed by atoms with Crippen LogP contribution in [-0.2, 0) is 26.0 Å². The lowest BCUT2D eigenvalue weighted by atomic mass is 10.0. The third-order valence-corrected chi connectivity index (χ3v) is 7.41. The highest BCUT2D eigenvalue weighted by Gasteiger charge is 2.28. The maximum absolute atomic E-state index is 12.7. The quantitative estimate of drug-likeness (QED) is 0.684. The molecular weight excluding hydrogens is 404 g/mol. The number of ether oxygens (including phenoxy) is 1. The molecule has 1 amide bonds. The van der Waals surface area contributed by atoms with Gasteiger partial charge in [-0.2, -0.15) is 4.31 Å². The number of benzene rings is 2. The van der Waals surface area contributed by atoms with Crippen LogP contribution in [0.4, 0.5) is 5.69 Å². The van der Waals surface area contributed by atoms with Crippen LogP contribution in [0.15, 0.2) is 53.4 Å². The Labute approximate surface area is 176 Å². The fraction of sp³-hybridized carbons (Fsp3) is 0.364. The predicted octanol–water partition coefficient (Wildman–Crippen LogP) is 2.61. The molecule has 0 unspecified atom stereocenters. The van der Waals surface area contributed by atoms with Crippen molar-refractivity contribution in [2.45, 2.75) is 30.6 Å². The van der Waals surface area contributed by atoms with Gasteiger partial charge in [0.2, 0.25) is 10.0 Å². The van der Waals surface area contributed by atoms with E-state index in [9.17, 15) is 18.0 Å². The first-order valence-corrected chi connectivity index (χ1v) is 11.6. The second kappa shape index (κ2) is 8.57. The minimum absolute atomic E-state index is 0.0649. The zero-order valence-electron chi connectivity index (χ0n) is 16.6. The van der Waals surface area contributed by atoms with Crippen molar-refractivity contribution in [1.29, 1.82) is 0 Å². The summed E-state index contributed by atoms with van der Waals surface area (Å²) in [5, 5.41) is 0. The van der Waals surface area contributed by atoms with Crippen molar-refractivity contribution in [2.24, 2.45) is 0 Å². The van der Waals surface area contributed by atoms with Crippen LogP contribution in [0.25, 0.3) is 0 Å². The normalized spacial score (nSPS) is 16.9. The molecule has 0 bridgehead atoms. The maximum Gasteiger partial charge on any atom is 0.338 e. The molecule has 2 aliphatic heterocycles. The summed E-state index contributed by atoms with van der Waals surface area (Å²) in [6.07, 6.45) is 3.44. The number of fused-ring (bicyclic) bond motifs is 1. The molecular formula is C22H24N2O5S. The zero-order valence-corrected chi connectivity index (χ0v) is 17.4. The van der Waals surface area contributed by atoms with Crippen LogP contribution < -0.4 is 4.90 Å². The second-order valence-corrected chi connectivity index (χ2v) is 9.43. The number of carbonyl (C=O) groups excluding carboxylic acids is 2. The van der Waals surface area contributed by atoms with Gasteiger partial charge in [0.15, 0.2) is 6.61 Å². The Kier molecular flexibility index (Phi) is 5.87. The molecule has 1 saturated heterocycles. The minimum atomic E-state index is -3.63. The third-order valence-electron chi connectivity index (χ3n) is 5.51. The molecule has 2 aromatic rings. The number of carbonyl (C=O) groups is 2. The van der Waals surface area contributed by atoms with Gasteiger partial charge in [-0.15, -0.1) is 0 Å². The van der Waals surface area contributed by atoms with Gasteiger partial charge in [-0.05, 0) is 55.5 Å². The number of hydrogen-bond donors (Lipinski definition) is 0. The molecule has 158 valence electrons. The Bertz CT molecular complexity index is 1060. The van der Waals surface area contributed by atoms with E-state index in [1.54, 1.807) is 4.90 Å². The van der Waals surface area contributed by atoms with Gasteiger partial charge in [-0.25, -0.2) is 13.2 Å². The van der Waals surface area contributed by atoms with Gasteiger partial charge in [0.05, 0.1) is 10.5 Å². The number of amides is 1. The Morgan fingerprint density at radius 1 is 0.933 bits per heavy atom. The molecule has 2 aliphatic rings. The van der Waals surface area contributed by atoms with E-state index >= 15 is 0 Å². The standard InChI is InChI=1S/C22H24N2O5S/c25-21(24-14-6-9-17-7-1-2-11-20(17)24)16-29-22(26)18-8-5-10-19(15-18)30(27,28)23-12-3-4-13-23/h1-2,5,7-8,10-11,15H,3-4,6,9,12-14,16H2. The molecule has 1 fully saturated rings.